The van der Waals surface area contributed by atoms with Crippen LogP contribution in [0.1, 0.15) is 53.4 Å². The Labute approximate surface area is 126 Å². The minimum Gasteiger partial charge on any atom is -0.825 e. The zero-order chi connectivity index (χ0) is 12.8. The van der Waals surface area contributed by atoms with Crippen molar-refractivity contribution in [1.82, 2.24) is 0 Å². The van der Waals surface area contributed by atoms with Crippen LogP contribution in [-0.2, 0) is 28.9 Å². The maximum absolute atomic E-state index is 11.1. The summed E-state index contributed by atoms with van der Waals surface area (Å²) < 4.78 is 0. The average molecular weight is 346 g/mol. The van der Waals surface area contributed by atoms with Gasteiger partial charge in [0.15, 0.2) is 0 Å². The first-order valence-electron chi connectivity index (χ1n) is 5.93. The summed E-state index contributed by atoms with van der Waals surface area (Å²) in [5, 5.41) is 0.160. The van der Waals surface area contributed by atoms with Gasteiger partial charge in [0.25, 0.3) is 0 Å². The van der Waals surface area contributed by atoms with E-state index in [0.717, 1.165) is 30.1 Å². The van der Waals surface area contributed by atoms with Crippen LogP contribution in [0, 0.1) is 11.8 Å². The molecule has 0 aliphatic heterocycles. The molecule has 0 aromatic carbocycles. The molecular formula is C11H23CuO2PS2. The van der Waals surface area contributed by atoms with Gasteiger partial charge in [-0.1, -0.05) is 47.0 Å². The minimum absolute atomic E-state index is 0. The average Bonchev–Trinajstić information content (AvgIpc) is 2.07. The molecule has 1 atom stereocenters. The van der Waals surface area contributed by atoms with E-state index in [4.69, 9.17) is 0 Å². The van der Waals surface area contributed by atoms with Crippen molar-refractivity contribution in [3.8, 4) is 0 Å². The van der Waals surface area contributed by atoms with E-state index in [9.17, 15) is 9.79 Å². The molecule has 0 saturated carbocycles. The monoisotopic (exact) mass is 345 g/mol. The largest absolute Gasteiger partial charge is 2.00 e. The molecule has 6 heteroatoms. The van der Waals surface area contributed by atoms with Gasteiger partial charge in [0.05, 0.1) is 0 Å². The molecule has 2 nitrogen and oxygen atoms in total. The zero-order valence-corrected chi connectivity index (χ0v) is 14.4. The van der Waals surface area contributed by atoms with Crippen molar-refractivity contribution in [1.29, 1.82) is 0 Å². The third-order valence-electron chi connectivity index (χ3n) is 2.53. The van der Waals surface area contributed by atoms with E-state index < -0.39 is 5.69 Å². The summed E-state index contributed by atoms with van der Waals surface area (Å²) in [6.07, 6.45) is 4.46. The fraction of sp³-hybridized carbons (Fsp3) is 1.00. The van der Waals surface area contributed by atoms with Crippen LogP contribution >= 0.6 is 17.1 Å². The SMILES string of the molecule is CC(C)CCCCC(SP([O-])([O-])=S)C(C)C.[Cu+2]. The molecule has 0 N–H and O–H groups in total. The first-order chi connectivity index (χ1) is 7.22. The Morgan fingerprint density at radius 3 is 1.88 bits per heavy atom. The molecule has 0 aromatic rings. The van der Waals surface area contributed by atoms with Gasteiger partial charge in [0, 0.05) is 5.25 Å². The van der Waals surface area contributed by atoms with Crippen LogP contribution < -0.4 is 9.79 Å². The van der Waals surface area contributed by atoms with E-state index in [1.807, 2.05) is 0 Å². The van der Waals surface area contributed by atoms with Crippen LogP contribution in [0.3, 0.4) is 0 Å². The van der Waals surface area contributed by atoms with Crippen LogP contribution in [0.2, 0.25) is 0 Å². The molecule has 0 aromatic heterocycles. The summed E-state index contributed by atoms with van der Waals surface area (Å²) in [6.45, 7) is 8.55. The third-order valence-corrected chi connectivity index (χ3v) is 6.20. The van der Waals surface area contributed by atoms with Crippen molar-refractivity contribution in [2.75, 3.05) is 0 Å². The van der Waals surface area contributed by atoms with E-state index >= 15 is 0 Å². The number of hydrogen-bond donors (Lipinski definition) is 0. The van der Waals surface area contributed by atoms with Crippen LogP contribution in [0.4, 0.5) is 0 Å². The predicted molar refractivity (Wildman–Crippen MR) is 73.8 cm³/mol. The van der Waals surface area contributed by atoms with E-state index in [-0.39, 0.29) is 22.3 Å². The summed E-state index contributed by atoms with van der Waals surface area (Å²) in [5.41, 5.74) is -3.59. The van der Waals surface area contributed by atoms with Crippen molar-refractivity contribution in [3.63, 3.8) is 0 Å². The van der Waals surface area contributed by atoms with E-state index in [1.54, 1.807) is 0 Å². The van der Waals surface area contributed by atoms with Gasteiger partial charge in [-0.25, -0.2) is 0 Å². The van der Waals surface area contributed by atoms with Crippen LogP contribution in [0.5, 0.6) is 0 Å². The molecule has 0 aliphatic carbocycles. The molecule has 0 fully saturated rings. The van der Waals surface area contributed by atoms with Gasteiger partial charge < -0.3 is 9.79 Å². The molecular weight excluding hydrogens is 323 g/mol. The zero-order valence-electron chi connectivity index (χ0n) is 10.9. The second-order valence-corrected chi connectivity index (χ2v) is 10.9. The van der Waals surface area contributed by atoms with Gasteiger partial charge in [-0.05, 0) is 18.3 Å². The van der Waals surface area contributed by atoms with Gasteiger partial charge in [0.1, 0.15) is 0 Å². The summed E-state index contributed by atoms with van der Waals surface area (Å²) in [6, 6.07) is 0. The molecule has 1 radical (unpaired) electrons. The van der Waals surface area contributed by atoms with Crippen LogP contribution in [0.25, 0.3) is 0 Å². The van der Waals surface area contributed by atoms with Gasteiger partial charge in [0.2, 0.25) is 0 Å². The Bertz CT molecular complexity index is 232. The topological polar surface area (TPSA) is 46.1 Å². The summed E-state index contributed by atoms with van der Waals surface area (Å²) >= 11 is 5.45. The van der Waals surface area contributed by atoms with Crippen molar-refractivity contribution in [2.45, 2.75) is 58.6 Å². The second kappa shape index (κ2) is 10.3. The molecule has 0 heterocycles. The maximum atomic E-state index is 11.1. The Hall–Kier alpha value is 1.44. The molecule has 0 rings (SSSR count). The van der Waals surface area contributed by atoms with Crippen LogP contribution in [0.15, 0.2) is 0 Å². The first-order valence-corrected chi connectivity index (χ1v) is 10.0. The van der Waals surface area contributed by atoms with E-state index in [2.05, 4.69) is 39.5 Å². The van der Waals surface area contributed by atoms with E-state index in [0.29, 0.717) is 5.92 Å². The number of hydrogen-bond acceptors (Lipinski definition) is 4. The molecule has 1 unspecified atom stereocenters. The van der Waals surface area contributed by atoms with Gasteiger partial charge in [-0.3, -0.25) is 0 Å². The standard InChI is InChI=1S/C11H25O2PS2.Cu/c1-9(2)7-5-6-8-11(10(3)4)16-14(12,13)15;/h9-11H,5-8H2,1-4H3,(H2,12,13,15);/q;+2/p-2. The van der Waals surface area contributed by atoms with Crippen molar-refractivity contribution in [3.05, 3.63) is 0 Å². The molecule has 0 bridgehead atoms. The first kappa shape index (κ1) is 20.8. The number of unbranched alkanes of at least 4 members (excludes halogenated alkanes) is 1. The Kier molecular flexibility index (Phi) is 12.5. The smallest absolute Gasteiger partial charge is 0.825 e. The van der Waals surface area contributed by atoms with E-state index in [1.165, 1.54) is 12.8 Å². The predicted octanol–water partition coefficient (Wildman–Crippen LogP) is 2.90. The molecule has 0 amide bonds. The van der Waals surface area contributed by atoms with Gasteiger partial charge in [-0.2, -0.15) is 17.1 Å². The van der Waals surface area contributed by atoms with Crippen molar-refractivity contribution in [2.24, 2.45) is 11.8 Å². The molecule has 17 heavy (non-hydrogen) atoms. The van der Waals surface area contributed by atoms with Crippen molar-refractivity contribution >= 4 is 28.9 Å². The fourth-order valence-electron chi connectivity index (χ4n) is 1.57. The fourth-order valence-corrected chi connectivity index (χ4v) is 5.46. The molecule has 0 aliphatic rings. The normalized spacial score (nSPS) is 13.9. The number of rotatable bonds is 8. The summed E-state index contributed by atoms with van der Waals surface area (Å²) in [5.74, 6) is 1.10. The quantitative estimate of drug-likeness (QED) is 0.385. The van der Waals surface area contributed by atoms with Crippen molar-refractivity contribution < 1.29 is 26.9 Å². The maximum Gasteiger partial charge on any atom is 2.00 e. The molecule has 0 spiro atoms. The summed E-state index contributed by atoms with van der Waals surface area (Å²) in [7, 11) is 0. The Morgan fingerprint density at radius 1 is 1.06 bits per heavy atom. The minimum atomic E-state index is -3.59. The Balaban J connectivity index is 0. The third kappa shape index (κ3) is 13.7. The Morgan fingerprint density at radius 2 is 1.53 bits per heavy atom. The summed E-state index contributed by atoms with van der Waals surface area (Å²) in [4.78, 5) is 22.2. The molecule has 0 saturated heterocycles. The second-order valence-electron chi connectivity index (χ2n) is 5.01. The van der Waals surface area contributed by atoms with Gasteiger partial charge in [-0.15, -0.1) is 11.8 Å². The van der Waals surface area contributed by atoms with Gasteiger partial charge >= 0.3 is 17.1 Å². The molecule has 107 valence electrons. The van der Waals surface area contributed by atoms with Crippen LogP contribution in [-0.4, -0.2) is 5.25 Å².